The third-order valence-corrected chi connectivity index (χ3v) is 3.68. The number of rotatable bonds is 9. The number of ether oxygens (including phenoxy) is 2. The van der Waals surface area contributed by atoms with Crippen molar-refractivity contribution in [2.75, 3.05) is 18.5 Å². The van der Waals surface area contributed by atoms with Crippen LogP contribution in [0.5, 0.6) is 0 Å². The van der Waals surface area contributed by atoms with Crippen LogP contribution in [0.15, 0.2) is 29.2 Å². The standard InChI is InChI=1S/C18H24F2N2O5S/c1-18(2,3)27-17(25)21-10-4-5-15(24)26-11-14(23)22-12-6-8-13(9-7-12)28-16(19)20/h6-9,16H,4-5,10-11H2,1-3H3,(H,21,25)(H,22,23). The average Bonchev–Trinajstić information content (AvgIpc) is 2.56. The van der Waals surface area contributed by atoms with Crippen LogP contribution in [0.25, 0.3) is 0 Å². The molecule has 28 heavy (non-hydrogen) atoms. The fourth-order valence-corrected chi connectivity index (χ4v) is 2.37. The highest BCUT2D eigenvalue weighted by Crippen LogP contribution is 2.26. The van der Waals surface area contributed by atoms with Gasteiger partial charge in [-0.2, -0.15) is 8.78 Å². The number of alkyl carbamates (subject to hydrolysis) is 1. The highest BCUT2D eigenvalue weighted by atomic mass is 32.2. The van der Waals surface area contributed by atoms with Crippen molar-refractivity contribution in [1.29, 1.82) is 0 Å². The van der Waals surface area contributed by atoms with Gasteiger partial charge in [-0.25, -0.2) is 4.79 Å². The molecule has 0 atom stereocenters. The first-order chi connectivity index (χ1) is 13.0. The fraction of sp³-hybridized carbons (Fsp3) is 0.500. The number of anilines is 1. The second-order valence-electron chi connectivity index (χ2n) is 6.64. The monoisotopic (exact) mass is 418 g/mol. The van der Waals surface area contributed by atoms with Crippen molar-refractivity contribution >= 4 is 35.4 Å². The molecule has 0 spiro atoms. The van der Waals surface area contributed by atoms with Gasteiger partial charge in [-0.15, -0.1) is 0 Å². The molecule has 0 aliphatic carbocycles. The van der Waals surface area contributed by atoms with Crippen molar-refractivity contribution in [3.63, 3.8) is 0 Å². The normalized spacial score (nSPS) is 11.1. The van der Waals surface area contributed by atoms with Crippen LogP contribution in [-0.2, 0) is 19.1 Å². The molecule has 0 aromatic heterocycles. The predicted molar refractivity (Wildman–Crippen MR) is 101 cm³/mol. The number of benzene rings is 1. The minimum atomic E-state index is -2.51. The Morgan fingerprint density at radius 1 is 1.14 bits per heavy atom. The molecule has 0 aliphatic rings. The number of hydrogen-bond acceptors (Lipinski definition) is 6. The van der Waals surface area contributed by atoms with E-state index in [0.717, 1.165) is 0 Å². The Labute approximate surface area is 166 Å². The molecule has 0 fully saturated rings. The first-order valence-electron chi connectivity index (χ1n) is 8.52. The van der Waals surface area contributed by atoms with Gasteiger partial charge >= 0.3 is 12.1 Å². The van der Waals surface area contributed by atoms with Gasteiger partial charge in [0.1, 0.15) is 5.60 Å². The van der Waals surface area contributed by atoms with E-state index in [-0.39, 0.29) is 13.0 Å². The maximum absolute atomic E-state index is 12.2. The van der Waals surface area contributed by atoms with Crippen LogP contribution in [0.4, 0.5) is 19.3 Å². The van der Waals surface area contributed by atoms with Gasteiger partial charge in [0.2, 0.25) is 0 Å². The zero-order valence-electron chi connectivity index (χ0n) is 15.9. The van der Waals surface area contributed by atoms with Gasteiger partial charge in [-0.1, -0.05) is 11.8 Å². The zero-order valence-corrected chi connectivity index (χ0v) is 16.7. The molecule has 0 aliphatic heterocycles. The molecule has 0 radical (unpaired) electrons. The molecule has 156 valence electrons. The number of esters is 1. The molecule has 0 bridgehead atoms. The molecule has 1 rings (SSSR count). The van der Waals surface area contributed by atoms with Crippen LogP contribution in [0, 0.1) is 0 Å². The van der Waals surface area contributed by atoms with Gasteiger partial charge in [-0.05, 0) is 51.5 Å². The maximum Gasteiger partial charge on any atom is 0.407 e. The number of amides is 2. The van der Waals surface area contributed by atoms with E-state index in [1.54, 1.807) is 20.8 Å². The lowest BCUT2D eigenvalue weighted by Gasteiger charge is -2.19. The quantitative estimate of drug-likeness (QED) is 0.360. The smallest absolute Gasteiger partial charge is 0.407 e. The van der Waals surface area contributed by atoms with Crippen LogP contribution in [0.2, 0.25) is 0 Å². The SMILES string of the molecule is CC(C)(C)OC(=O)NCCCC(=O)OCC(=O)Nc1ccc(SC(F)F)cc1. The average molecular weight is 418 g/mol. The van der Waals surface area contributed by atoms with E-state index in [2.05, 4.69) is 10.6 Å². The summed E-state index contributed by atoms with van der Waals surface area (Å²) in [5.41, 5.74) is -0.195. The molecule has 1 aromatic carbocycles. The van der Waals surface area contributed by atoms with Gasteiger partial charge in [-0.3, -0.25) is 9.59 Å². The van der Waals surface area contributed by atoms with E-state index in [0.29, 0.717) is 28.8 Å². The van der Waals surface area contributed by atoms with Crippen molar-refractivity contribution < 1.29 is 32.6 Å². The molecule has 1 aromatic rings. The van der Waals surface area contributed by atoms with Crippen LogP contribution in [0.3, 0.4) is 0 Å². The van der Waals surface area contributed by atoms with Gasteiger partial charge in [0.05, 0.1) is 0 Å². The molecule has 7 nitrogen and oxygen atoms in total. The van der Waals surface area contributed by atoms with E-state index in [4.69, 9.17) is 9.47 Å². The Bertz CT molecular complexity index is 663. The molecule has 2 N–H and O–H groups in total. The molecule has 0 saturated heterocycles. The lowest BCUT2D eigenvalue weighted by atomic mass is 10.2. The Balaban J connectivity index is 2.20. The molecule has 10 heteroatoms. The molecule has 0 saturated carbocycles. The number of hydrogen-bond donors (Lipinski definition) is 2. The van der Waals surface area contributed by atoms with Gasteiger partial charge in [0.25, 0.3) is 11.7 Å². The number of thioether (sulfide) groups is 1. The van der Waals surface area contributed by atoms with E-state index in [1.807, 2.05) is 0 Å². The van der Waals surface area contributed by atoms with Gasteiger partial charge < -0.3 is 20.1 Å². The molecule has 0 unspecified atom stereocenters. The summed E-state index contributed by atoms with van der Waals surface area (Å²) < 4.78 is 34.4. The van der Waals surface area contributed by atoms with E-state index in [9.17, 15) is 23.2 Å². The number of alkyl halides is 2. The first-order valence-corrected chi connectivity index (χ1v) is 9.40. The third kappa shape index (κ3) is 11.4. The highest BCUT2D eigenvalue weighted by molar-refractivity contribution is 7.99. The number of carbonyl (C=O) groups excluding carboxylic acids is 3. The lowest BCUT2D eigenvalue weighted by molar-refractivity contribution is -0.147. The van der Waals surface area contributed by atoms with E-state index >= 15 is 0 Å². The van der Waals surface area contributed by atoms with E-state index < -0.39 is 35.9 Å². The predicted octanol–water partition coefficient (Wildman–Crippen LogP) is 3.79. The summed E-state index contributed by atoms with van der Waals surface area (Å²) >= 11 is 0.404. The summed E-state index contributed by atoms with van der Waals surface area (Å²) in [7, 11) is 0. The number of halogens is 2. The Morgan fingerprint density at radius 2 is 1.79 bits per heavy atom. The second kappa shape index (κ2) is 11.5. The maximum atomic E-state index is 12.2. The molecule has 2 amide bonds. The van der Waals surface area contributed by atoms with E-state index in [1.165, 1.54) is 24.3 Å². The second-order valence-corrected chi connectivity index (χ2v) is 7.71. The van der Waals surface area contributed by atoms with Crippen molar-refractivity contribution in [3.05, 3.63) is 24.3 Å². The summed E-state index contributed by atoms with van der Waals surface area (Å²) in [6, 6.07) is 5.87. The number of nitrogens with one attached hydrogen (secondary N) is 2. The highest BCUT2D eigenvalue weighted by Gasteiger charge is 2.15. The lowest BCUT2D eigenvalue weighted by Crippen LogP contribution is -2.33. The van der Waals surface area contributed by atoms with Gasteiger partial charge in [0.15, 0.2) is 6.61 Å². The summed E-state index contributed by atoms with van der Waals surface area (Å²) in [5.74, 6) is -3.64. The topological polar surface area (TPSA) is 93.7 Å². The third-order valence-electron chi connectivity index (χ3n) is 2.95. The Hall–Kier alpha value is -2.36. The summed E-state index contributed by atoms with van der Waals surface area (Å²) in [6.07, 6.45) is -0.204. The van der Waals surface area contributed by atoms with Crippen molar-refractivity contribution in [1.82, 2.24) is 5.32 Å². The number of carbonyl (C=O) groups is 3. The first kappa shape index (κ1) is 23.7. The Morgan fingerprint density at radius 3 is 2.36 bits per heavy atom. The molecule has 0 heterocycles. The van der Waals surface area contributed by atoms with Crippen molar-refractivity contribution in [2.45, 2.75) is 49.9 Å². The van der Waals surface area contributed by atoms with Crippen molar-refractivity contribution in [2.24, 2.45) is 0 Å². The zero-order chi connectivity index (χ0) is 21.2. The largest absolute Gasteiger partial charge is 0.456 e. The van der Waals surface area contributed by atoms with Gasteiger partial charge in [0, 0.05) is 23.5 Å². The minimum absolute atomic E-state index is 0.0304. The Kier molecular flexibility index (Phi) is 9.70. The van der Waals surface area contributed by atoms with Crippen LogP contribution in [-0.4, -0.2) is 42.5 Å². The molecular formula is C18H24F2N2O5S. The van der Waals surface area contributed by atoms with Crippen LogP contribution < -0.4 is 10.6 Å². The fourth-order valence-electron chi connectivity index (χ4n) is 1.87. The summed E-state index contributed by atoms with van der Waals surface area (Å²) in [6.45, 7) is 4.99. The van der Waals surface area contributed by atoms with Crippen molar-refractivity contribution in [3.8, 4) is 0 Å². The summed E-state index contributed by atoms with van der Waals surface area (Å²) in [4.78, 5) is 35.1. The molecular weight excluding hydrogens is 394 g/mol. The summed E-state index contributed by atoms with van der Waals surface area (Å²) in [5, 5.41) is 5.01. The van der Waals surface area contributed by atoms with Crippen LogP contribution >= 0.6 is 11.8 Å². The van der Waals surface area contributed by atoms with Crippen LogP contribution in [0.1, 0.15) is 33.6 Å². The minimum Gasteiger partial charge on any atom is -0.456 e.